The van der Waals surface area contributed by atoms with Crippen molar-refractivity contribution in [1.29, 1.82) is 0 Å². The van der Waals surface area contributed by atoms with E-state index in [1.54, 1.807) is 6.08 Å². The number of carbonyl (C=O) groups is 1. The van der Waals surface area contributed by atoms with Crippen LogP contribution in [-0.2, 0) is 9.53 Å². The Morgan fingerprint density at radius 3 is 2.62 bits per heavy atom. The number of allylic oxidation sites excluding steroid dienone is 1. The average Bonchev–Trinajstić information content (AvgIpc) is 2.03. The number of hydrogen-bond donors (Lipinski definition) is 1. The first-order valence-electron chi connectivity index (χ1n) is 3.86. The average molecular weight is 194 g/mol. The SMILES string of the molecule is C=CCCCCOC(F)(F)C(=O)O. The normalized spacial score (nSPS) is 11.2. The number of carboxylic acids is 1. The second-order valence-corrected chi connectivity index (χ2v) is 2.45. The third-order valence-corrected chi connectivity index (χ3v) is 1.33. The minimum atomic E-state index is -4.06. The van der Waals surface area contributed by atoms with Gasteiger partial charge in [-0.25, -0.2) is 4.79 Å². The van der Waals surface area contributed by atoms with E-state index in [1.165, 1.54) is 0 Å². The maximum Gasteiger partial charge on any atom is 0.455 e. The van der Waals surface area contributed by atoms with Gasteiger partial charge in [0.15, 0.2) is 0 Å². The highest BCUT2D eigenvalue weighted by Crippen LogP contribution is 2.15. The lowest BCUT2D eigenvalue weighted by Gasteiger charge is -2.10. The second-order valence-electron chi connectivity index (χ2n) is 2.45. The van der Waals surface area contributed by atoms with Gasteiger partial charge in [-0.2, -0.15) is 8.78 Å². The van der Waals surface area contributed by atoms with Gasteiger partial charge < -0.3 is 9.84 Å². The summed E-state index contributed by atoms with van der Waals surface area (Å²) >= 11 is 0. The van der Waals surface area contributed by atoms with Crippen molar-refractivity contribution < 1.29 is 23.4 Å². The second kappa shape index (κ2) is 5.64. The van der Waals surface area contributed by atoms with E-state index >= 15 is 0 Å². The molecule has 76 valence electrons. The van der Waals surface area contributed by atoms with Crippen LogP contribution in [0.3, 0.4) is 0 Å². The molecule has 5 heteroatoms. The third kappa shape index (κ3) is 5.30. The molecule has 0 unspecified atom stereocenters. The zero-order valence-corrected chi connectivity index (χ0v) is 7.13. The fraction of sp³-hybridized carbons (Fsp3) is 0.625. The molecule has 1 N–H and O–H groups in total. The highest BCUT2D eigenvalue weighted by Gasteiger charge is 2.40. The summed E-state index contributed by atoms with van der Waals surface area (Å²) in [7, 11) is 0. The molecule has 13 heavy (non-hydrogen) atoms. The molecule has 0 aliphatic rings. The van der Waals surface area contributed by atoms with Crippen LogP contribution in [0.5, 0.6) is 0 Å². The fourth-order valence-corrected chi connectivity index (χ4v) is 0.653. The van der Waals surface area contributed by atoms with Crippen LogP contribution in [0.25, 0.3) is 0 Å². The first-order valence-corrected chi connectivity index (χ1v) is 3.86. The zero-order chi connectivity index (χ0) is 10.3. The lowest BCUT2D eigenvalue weighted by Crippen LogP contribution is -2.31. The van der Waals surface area contributed by atoms with Crippen LogP contribution in [0.4, 0.5) is 8.78 Å². The van der Waals surface area contributed by atoms with Crippen molar-refractivity contribution in [2.24, 2.45) is 0 Å². The maximum absolute atomic E-state index is 12.2. The lowest BCUT2D eigenvalue weighted by atomic mass is 10.2. The van der Waals surface area contributed by atoms with Crippen molar-refractivity contribution in [2.75, 3.05) is 6.61 Å². The number of rotatable bonds is 7. The summed E-state index contributed by atoms with van der Waals surface area (Å²) in [6, 6.07) is 0. The molecule has 0 saturated carbocycles. The maximum atomic E-state index is 12.2. The topological polar surface area (TPSA) is 46.5 Å². The van der Waals surface area contributed by atoms with Crippen LogP contribution < -0.4 is 0 Å². The molecule has 0 bridgehead atoms. The lowest BCUT2D eigenvalue weighted by molar-refractivity contribution is -0.245. The van der Waals surface area contributed by atoms with Crippen molar-refractivity contribution >= 4 is 5.97 Å². The fourth-order valence-electron chi connectivity index (χ4n) is 0.653. The van der Waals surface area contributed by atoms with E-state index in [1.807, 2.05) is 0 Å². The molecule has 0 aromatic carbocycles. The minimum absolute atomic E-state index is 0.257. The number of halogens is 2. The van der Waals surface area contributed by atoms with Gasteiger partial charge >= 0.3 is 12.1 Å². The summed E-state index contributed by atoms with van der Waals surface area (Å²) in [5.41, 5.74) is 0. The van der Waals surface area contributed by atoms with E-state index in [2.05, 4.69) is 11.3 Å². The smallest absolute Gasteiger partial charge is 0.455 e. The van der Waals surface area contributed by atoms with Gasteiger partial charge in [0.25, 0.3) is 0 Å². The molecule has 0 radical (unpaired) electrons. The summed E-state index contributed by atoms with van der Waals surface area (Å²) in [6.07, 6.45) is -0.625. The third-order valence-electron chi connectivity index (χ3n) is 1.33. The van der Waals surface area contributed by atoms with E-state index in [0.717, 1.165) is 0 Å². The van der Waals surface area contributed by atoms with Crippen LogP contribution in [0.15, 0.2) is 12.7 Å². The highest BCUT2D eigenvalue weighted by atomic mass is 19.3. The Morgan fingerprint density at radius 1 is 1.54 bits per heavy atom. The molecule has 0 spiro atoms. The Kier molecular flexibility index (Phi) is 5.22. The molecule has 0 atom stereocenters. The largest absolute Gasteiger partial charge is 0.475 e. The van der Waals surface area contributed by atoms with Crippen LogP contribution in [0, 0.1) is 0 Å². The molecule has 0 saturated heterocycles. The van der Waals surface area contributed by atoms with Crippen molar-refractivity contribution in [3.05, 3.63) is 12.7 Å². The standard InChI is InChI=1S/C8H12F2O3/c1-2-3-4-5-6-13-8(9,10)7(11)12/h2H,1,3-6H2,(H,11,12). The molecule has 0 fully saturated rings. The number of carboxylic acid groups (broad SMARTS) is 1. The molecule has 0 amide bonds. The van der Waals surface area contributed by atoms with Gasteiger partial charge in [-0.15, -0.1) is 6.58 Å². The molecule has 0 aliphatic heterocycles. The number of ether oxygens (including phenoxy) is 1. The van der Waals surface area contributed by atoms with E-state index in [9.17, 15) is 13.6 Å². The molecule has 0 aromatic rings. The van der Waals surface area contributed by atoms with Gasteiger partial charge in [0, 0.05) is 0 Å². The summed E-state index contributed by atoms with van der Waals surface area (Å²) in [5.74, 6) is -2.25. The van der Waals surface area contributed by atoms with E-state index in [4.69, 9.17) is 5.11 Å². The number of hydrogen-bond acceptors (Lipinski definition) is 2. The predicted octanol–water partition coefficient (Wildman–Crippen LogP) is 2.04. The van der Waals surface area contributed by atoms with E-state index in [-0.39, 0.29) is 6.61 Å². The van der Waals surface area contributed by atoms with Gasteiger partial charge in [-0.05, 0) is 19.3 Å². The van der Waals surface area contributed by atoms with Crippen molar-refractivity contribution in [3.63, 3.8) is 0 Å². The molecule has 0 aromatic heterocycles. The van der Waals surface area contributed by atoms with Gasteiger partial charge in [-0.3, -0.25) is 0 Å². The Labute approximate surface area is 75.0 Å². The van der Waals surface area contributed by atoms with E-state index in [0.29, 0.717) is 19.3 Å². The Balaban J connectivity index is 3.52. The van der Waals surface area contributed by atoms with Crippen LogP contribution in [0.1, 0.15) is 19.3 Å². The Morgan fingerprint density at radius 2 is 2.15 bits per heavy atom. The summed E-state index contributed by atoms with van der Waals surface area (Å²) < 4.78 is 28.3. The Bertz CT molecular complexity index is 180. The van der Waals surface area contributed by atoms with Crippen molar-refractivity contribution in [1.82, 2.24) is 0 Å². The summed E-state index contributed by atoms with van der Waals surface area (Å²) in [6.45, 7) is 3.20. The summed E-state index contributed by atoms with van der Waals surface area (Å²) in [5, 5.41) is 7.95. The molecule has 0 rings (SSSR count). The van der Waals surface area contributed by atoms with Crippen LogP contribution in [0.2, 0.25) is 0 Å². The molecule has 3 nitrogen and oxygen atoms in total. The minimum Gasteiger partial charge on any atom is -0.475 e. The predicted molar refractivity (Wildman–Crippen MR) is 42.6 cm³/mol. The van der Waals surface area contributed by atoms with Gasteiger partial charge in [0.05, 0.1) is 6.61 Å². The molecular formula is C8H12F2O3. The summed E-state index contributed by atoms with van der Waals surface area (Å²) in [4.78, 5) is 9.85. The number of aliphatic carboxylic acids is 1. The molecule has 0 heterocycles. The molecule has 0 aliphatic carbocycles. The van der Waals surface area contributed by atoms with Gasteiger partial charge in [0.1, 0.15) is 0 Å². The number of alkyl halides is 2. The van der Waals surface area contributed by atoms with Crippen LogP contribution in [-0.4, -0.2) is 23.8 Å². The quantitative estimate of drug-likeness (QED) is 0.498. The first-order chi connectivity index (χ1) is 6.00. The highest BCUT2D eigenvalue weighted by molar-refractivity contribution is 5.73. The molecular weight excluding hydrogens is 182 g/mol. The van der Waals surface area contributed by atoms with Crippen LogP contribution >= 0.6 is 0 Å². The van der Waals surface area contributed by atoms with Crippen molar-refractivity contribution in [2.45, 2.75) is 25.4 Å². The number of unbranched alkanes of at least 4 members (excludes halogenated alkanes) is 2. The van der Waals surface area contributed by atoms with Gasteiger partial charge in [0.2, 0.25) is 0 Å². The van der Waals surface area contributed by atoms with Gasteiger partial charge in [-0.1, -0.05) is 6.08 Å². The zero-order valence-electron chi connectivity index (χ0n) is 7.13. The first kappa shape index (κ1) is 12.0. The Hall–Kier alpha value is -0.970. The van der Waals surface area contributed by atoms with Crippen molar-refractivity contribution in [3.8, 4) is 0 Å². The van der Waals surface area contributed by atoms with E-state index < -0.39 is 12.1 Å². The monoisotopic (exact) mass is 194 g/mol.